The monoisotopic (exact) mass is 261 g/mol. The van der Waals surface area contributed by atoms with Gasteiger partial charge in [-0.3, -0.25) is 5.41 Å². The third kappa shape index (κ3) is 3.47. The lowest BCUT2D eigenvalue weighted by molar-refractivity contribution is 0.0216. The molecule has 2 rings (SSSR count). The quantitative estimate of drug-likeness (QED) is 0.645. The molecule has 1 atom stereocenters. The van der Waals surface area contributed by atoms with Gasteiger partial charge in [0, 0.05) is 31.5 Å². The topological polar surface area (TPSA) is 62.3 Å². The number of nitrogen functional groups attached to an aromatic ring is 1. The SMILES string of the molecule is Cc1cc(N(C)CC2CCCCO2)ccc1C(=N)N. The molecule has 1 saturated heterocycles. The minimum Gasteiger partial charge on any atom is -0.384 e. The van der Waals surface area contributed by atoms with Crippen LogP contribution in [-0.2, 0) is 4.74 Å². The number of nitrogens with zero attached hydrogens (tertiary/aromatic N) is 1. The second-order valence-electron chi connectivity index (χ2n) is 5.28. The Morgan fingerprint density at radius 1 is 1.47 bits per heavy atom. The van der Waals surface area contributed by atoms with Crippen molar-refractivity contribution in [2.45, 2.75) is 32.3 Å². The molecule has 1 aromatic rings. The van der Waals surface area contributed by atoms with Crippen LogP contribution < -0.4 is 10.6 Å². The lowest BCUT2D eigenvalue weighted by atomic mass is 10.1. The van der Waals surface area contributed by atoms with Gasteiger partial charge in [0.15, 0.2) is 0 Å². The van der Waals surface area contributed by atoms with Crippen LogP contribution in [0, 0.1) is 12.3 Å². The summed E-state index contributed by atoms with van der Waals surface area (Å²) in [5, 5.41) is 7.50. The first kappa shape index (κ1) is 13.9. The highest BCUT2D eigenvalue weighted by Crippen LogP contribution is 2.20. The summed E-state index contributed by atoms with van der Waals surface area (Å²) in [6.07, 6.45) is 3.94. The van der Waals surface area contributed by atoms with E-state index in [9.17, 15) is 0 Å². The highest BCUT2D eigenvalue weighted by atomic mass is 16.5. The van der Waals surface area contributed by atoms with Gasteiger partial charge in [-0.1, -0.05) is 0 Å². The summed E-state index contributed by atoms with van der Waals surface area (Å²) in [4.78, 5) is 2.22. The van der Waals surface area contributed by atoms with E-state index in [4.69, 9.17) is 15.9 Å². The van der Waals surface area contributed by atoms with Gasteiger partial charge in [-0.25, -0.2) is 0 Å². The smallest absolute Gasteiger partial charge is 0.123 e. The van der Waals surface area contributed by atoms with Gasteiger partial charge in [0.1, 0.15) is 5.84 Å². The van der Waals surface area contributed by atoms with Crippen molar-refractivity contribution in [3.8, 4) is 0 Å². The summed E-state index contributed by atoms with van der Waals surface area (Å²) >= 11 is 0. The fraction of sp³-hybridized carbons (Fsp3) is 0.533. The first-order chi connectivity index (χ1) is 9.08. The Bertz CT molecular complexity index is 453. The van der Waals surface area contributed by atoms with Gasteiger partial charge in [-0.15, -0.1) is 0 Å². The fourth-order valence-electron chi connectivity index (χ4n) is 2.55. The van der Waals surface area contributed by atoms with Gasteiger partial charge in [0.25, 0.3) is 0 Å². The van der Waals surface area contributed by atoms with Crippen molar-refractivity contribution in [2.24, 2.45) is 5.73 Å². The normalized spacial score (nSPS) is 19.2. The summed E-state index contributed by atoms with van der Waals surface area (Å²) in [7, 11) is 2.08. The highest BCUT2D eigenvalue weighted by Gasteiger charge is 2.16. The predicted molar refractivity (Wildman–Crippen MR) is 79.1 cm³/mol. The van der Waals surface area contributed by atoms with E-state index in [1.165, 1.54) is 12.8 Å². The number of hydrogen-bond donors (Lipinski definition) is 2. The first-order valence-corrected chi connectivity index (χ1v) is 6.85. The molecule has 0 spiro atoms. The van der Waals surface area contributed by atoms with Gasteiger partial charge < -0.3 is 15.4 Å². The van der Waals surface area contributed by atoms with E-state index in [0.717, 1.165) is 36.4 Å². The van der Waals surface area contributed by atoms with Crippen molar-refractivity contribution in [1.29, 1.82) is 5.41 Å². The molecule has 0 aromatic heterocycles. The van der Waals surface area contributed by atoms with Gasteiger partial charge in [0.2, 0.25) is 0 Å². The molecule has 0 saturated carbocycles. The molecule has 0 radical (unpaired) electrons. The van der Waals surface area contributed by atoms with E-state index in [1.807, 2.05) is 19.1 Å². The molecule has 19 heavy (non-hydrogen) atoms. The van der Waals surface area contributed by atoms with Gasteiger partial charge >= 0.3 is 0 Å². The van der Waals surface area contributed by atoms with E-state index in [1.54, 1.807) is 0 Å². The lowest BCUT2D eigenvalue weighted by Gasteiger charge is -2.29. The number of amidine groups is 1. The number of anilines is 1. The Kier molecular flexibility index (Phi) is 4.43. The average molecular weight is 261 g/mol. The molecule has 0 bridgehead atoms. The third-order valence-electron chi connectivity index (χ3n) is 3.69. The number of aryl methyl sites for hydroxylation is 1. The molecule has 1 heterocycles. The zero-order valence-corrected chi connectivity index (χ0v) is 11.8. The van der Waals surface area contributed by atoms with Crippen LogP contribution in [0.25, 0.3) is 0 Å². The maximum absolute atomic E-state index is 7.50. The summed E-state index contributed by atoms with van der Waals surface area (Å²) in [5.41, 5.74) is 8.54. The minimum atomic E-state index is 0.127. The van der Waals surface area contributed by atoms with Crippen LogP contribution in [-0.4, -0.2) is 32.1 Å². The van der Waals surface area contributed by atoms with Gasteiger partial charge in [-0.05, 0) is 49.9 Å². The maximum atomic E-state index is 7.50. The van der Waals surface area contributed by atoms with Crippen LogP contribution in [0.15, 0.2) is 18.2 Å². The standard InChI is InChI=1S/C15H23N3O/c1-11-9-12(6-7-14(11)15(16)17)18(2)10-13-5-3-4-8-19-13/h6-7,9,13H,3-5,8,10H2,1-2H3,(H3,16,17). The van der Waals surface area contributed by atoms with Crippen molar-refractivity contribution < 1.29 is 4.74 Å². The summed E-state index contributed by atoms with van der Waals surface area (Å²) in [6, 6.07) is 6.03. The van der Waals surface area contributed by atoms with Crippen molar-refractivity contribution in [2.75, 3.05) is 25.1 Å². The van der Waals surface area contributed by atoms with Crippen molar-refractivity contribution in [3.63, 3.8) is 0 Å². The van der Waals surface area contributed by atoms with Gasteiger partial charge in [0.05, 0.1) is 6.10 Å². The molecule has 104 valence electrons. The number of hydrogen-bond acceptors (Lipinski definition) is 3. The molecule has 1 fully saturated rings. The van der Waals surface area contributed by atoms with Crippen molar-refractivity contribution in [1.82, 2.24) is 0 Å². The largest absolute Gasteiger partial charge is 0.384 e. The number of benzene rings is 1. The number of nitrogens with two attached hydrogens (primary N) is 1. The van der Waals surface area contributed by atoms with Crippen LogP contribution in [0.3, 0.4) is 0 Å². The van der Waals surface area contributed by atoms with E-state index in [-0.39, 0.29) is 5.84 Å². The molecular formula is C15H23N3O. The molecule has 4 heteroatoms. The number of nitrogens with one attached hydrogen (secondary N) is 1. The van der Waals surface area contributed by atoms with Crippen LogP contribution >= 0.6 is 0 Å². The Labute approximate surface area is 115 Å². The second-order valence-corrected chi connectivity index (χ2v) is 5.28. The predicted octanol–water partition coefficient (Wildman–Crippen LogP) is 2.28. The lowest BCUT2D eigenvalue weighted by Crippen LogP contribution is -2.33. The summed E-state index contributed by atoms with van der Waals surface area (Å²) in [5.74, 6) is 0.127. The average Bonchev–Trinajstić information content (AvgIpc) is 2.39. The zero-order valence-electron chi connectivity index (χ0n) is 11.8. The van der Waals surface area contributed by atoms with Crippen LogP contribution in [0.1, 0.15) is 30.4 Å². The van der Waals surface area contributed by atoms with Crippen LogP contribution in [0.5, 0.6) is 0 Å². The highest BCUT2D eigenvalue weighted by molar-refractivity contribution is 5.96. The molecule has 1 aliphatic rings. The van der Waals surface area contributed by atoms with Crippen LogP contribution in [0.4, 0.5) is 5.69 Å². The number of likely N-dealkylation sites (N-methyl/N-ethyl adjacent to an activating group) is 1. The summed E-state index contributed by atoms with van der Waals surface area (Å²) < 4.78 is 5.77. The van der Waals surface area contributed by atoms with Crippen molar-refractivity contribution in [3.05, 3.63) is 29.3 Å². The molecule has 1 unspecified atom stereocenters. The Hall–Kier alpha value is -1.55. The molecule has 0 amide bonds. The Balaban J connectivity index is 2.04. The minimum absolute atomic E-state index is 0.127. The van der Waals surface area contributed by atoms with E-state index >= 15 is 0 Å². The molecule has 1 aromatic carbocycles. The number of ether oxygens (including phenoxy) is 1. The fourth-order valence-corrected chi connectivity index (χ4v) is 2.55. The van der Waals surface area contributed by atoms with E-state index < -0.39 is 0 Å². The Morgan fingerprint density at radius 3 is 2.84 bits per heavy atom. The zero-order chi connectivity index (χ0) is 13.8. The molecule has 4 nitrogen and oxygen atoms in total. The number of rotatable bonds is 4. The van der Waals surface area contributed by atoms with Crippen molar-refractivity contribution >= 4 is 11.5 Å². The van der Waals surface area contributed by atoms with Crippen LogP contribution in [0.2, 0.25) is 0 Å². The van der Waals surface area contributed by atoms with E-state index in [2.05, 4.69) is 18.0 Å². The molecule has 1 aliphatic heterocycles. The van der Waals surface area contributed by atoms with E-state index in [0.29, 0.717) is 6.10 Å². The Morgan fingerprint density at radius 2 is 2.26 bits per heavy atom. The summed E-state index contributed by atoms with van der Waals surface area (Å²) in [6.45, 7) is 3.80. The molecular weight excluding hydrogens is 238 g/mol. The molecule has 0 aliphatic carbocycles. The molecule has 3 N–H and O–H groups in total. The third-order valence-corrected chi connectivity index (χ3v) is 3.69. The second kappa shape index (κ2) is 6.06. The first-order valence-electron chi connectivity index (χ1n) is 6.85. The maximum Gasteiger partial charge on any atom is 0.123 e. The van der Waals surface area contributed by atoms with Gasteiger partial charge in [-0.2, -0.15) is 0 Å².